The number of anilines is 1. The van der Waals surface area contributed by atoms with Gasteiger partial charge in [-0.05, 0) is 25.0 Å². The average Bonchev–Trinajstić information content (AvgIpc) is 2.32. The Morgan fingerprint density at radius 2 is 2.39 bits per heavy atom. The van der Waals surface area contributed by atoms with Crippen LogP contribution in [0.5, 0.6) is 0 Å². The lowest BCUT2D eigenvalue weighted by molar-refractivity contribution is -0.403. The molecule has 0 saturated carbocycles. The molecule has 96 valence electrons. The first-order chi connectivity index (χ1) is 8.58. The normalized spacial score (nSPS) is 17.7. The summed E-state index contributed by atoms with van der Waals surface area (Å²) in [5.41, 5.74) is 0.928. The fourth-order valence-corrected chi connectivity index (χ4v) is 2.02. The molecule has 1 N–H and O–H groups in total. The molecule has 0 bridgehead atoms. The molecule has 18 heavy (non-hydrogen) atoms. The van der Waals surface area contributed by atoms with Gasteiger partial charge in [-0.25, -0.2) is 4.98 Å². The molecule has 1 aromatic heterocycles. The second-order valence-corrected chi connectivity index (χ2v) is 4.39. The Hall–Kier alpha value is -1.82. The lowest BCUT2D eigenvalue weighted by Gasteiger charge is -2.30. The predicted molar refractivity (Wildman–Crippen MR) is 69.0 cm³/mol. The van der Waals surface area contributed by atoms with E-state index in [1.807, 2.05) is 13.0 Å². The Kier molecular flexibility index (Phi) is 3.66. The number of hydrogen-bond donors (Lipinski definition) is 1. The van der Waals surface area contributed by atoms with Gasteiger partial charge in [0, 0.05) is 13.1 Å². The third kappa shape index (κ3) is 2.70. The van der Waals surface area contributed by atoms with Crippen LogP contribution in [0.2, 0.25) is 5.15 Å². The van der Waals surface area contributed by atoms with Crippen LogP contribution in [0.25, 0.3) is 0 Å². The summed E-state index contributed by atoms with van der Waals surface area (Å²) < 4.78 is 0. The Balaban J connectivity index is 2.39. The summed E-state index contributed by atoms with van der Waals surface area (Å²) in [4.78, 5) is 16.2. The van der Waals surface area contributed by atoms with E-state index >= 15 is 0 Å². The maximum absolute atomic E-state index is 10.6. The number of halogens is 1. The van der Waals surface area contributed by atoms with E-state index in [1.165, 1.54) is 0 Å². The summed E-state index contributed by atoms with van der Waals surface area (Å²) in [6.45, 7) is 3.30. The van der Waals surface area contributed by atoms with Gasteiger partial charge in [0.1, 0.15) is 11.0 Å². The highest BCUT2D eigenvalue weighted by Gasteiger charge is 2.21. The lowest BCUT2D eigenvalue weighted by Crippen LogP contribution is -2.40. The minimum Gasteiger partial charge on any atom is -0.366 e. The largest absolute Gasteiger partial charge is 0.366 e. The van der Waals surface area contributed by atoms with Crippen molar-refractivity contribution in [2.24, 2.45) is 0 Å². The van der Waals surface area contributed by atoms with E-state index in [2.05, 4.69) is 10.3 Å². The van der Waals surface area contributed by atoms with Crippen molar-refractivity contribution in [2.75, 3.05) is 18.0 Å². The highest BCUT2D eigenvalue weighted by Crippen LogP contribution is 2.24. The Labute approximate surface area is 109 Å². The van der Waals surface area contributed by atoms with Crippen molar-refractivity contribution in [1.29, 1.82) is 0 Å². The summed E-state index contributed by atoms with van der Waals surface area (Å²) in [7, 11) is 0. The molecule has 1 aromatic rings. The number of nitrogens with zero attached hydrogens (tertiary/aromatic N) is 3. The van der Waals surface area contributed by atoms with Crippen LogP contribution in [0.3, 0.4) is 0 Å². The number of aryl methyl sites for hydroxylation is 1. The highest BCUT2D eigenvalue weighted by atomic mass is 35.5. The SMILES string of the molecule is Cc1ccc(Cl)nc1N1CCCN/C1=C\[N+](=O)[O-]. The summed E-state index contributed by atoms with van der Waals surface area (Å²) in [5.74, 6) is 1.10. The van der Waals surface area contributed by atoms with Crippen LogP contribution in [-0.2, 0) is 0 Å². The molecule has 0 amide bonds. The van der Waals surface area contributed by atoms with Gasteiger partial charge in [-0.3, -0.25) is 10.1 Å². The first-order valence-electron chi connectivity index (χ1n) is 5.58. The molecule has 2 heterocycles. The van der Waals surface area contributed by atoms with E-state index < -0.39 is 4.92 Å². The number of rotatable bonds is 2. The number of nitro groups is 1. The number of aromatic nitrogens is 1. The molecular weight excluding hydrogens is 256 g/mol. The minimum atomic E-state index is -0.472. The van der Waals surface area contributed by atoms with Crippen molar-refractivity contribution in [3.05, 3.63) is 45.0 Å². The van der Waals surface area contributed by atoms with Crippen molar-refractivity contribution in [3.63, 3.8) is 0 Å². The van der Waals surface area contributed by atoms with Crippen LogP contribution < -0.4 is 10.2 Å². The third-order valence-corrected chi connectivity index (χ3v) is 2.89. The first kappa shape index (κ1) is 12.6. The lowest BCUT2D eigenvalue weighted by atomic mass is 10.2. The Bertz CT molecular complexity index is 504. The molecule has 0 atom stereocenters. The standard InChI is InChI=1S/C11H13ClN4O2/c1-8-3-4-9(12)14-11(8)15-6-2-5-13-10(15)7-16(17)18/h3-4,7,13H,2,5-6H2,1H3/b10-7+. The third-order valence-electron chi connectivity index (χ3n) is 2.68. The Morgan fingerprint density at radius 3 is 3.11 bits per heavy atom. The molecule has 0 unspecified atom stereocenters. The van der Waals surface area contributed by atoms with Gasteiger partial charge in [-0.15, -0.1) is 0 Å². The molecule has 1 fully saturated rings. The molecule has 1 saturated heterocycles. The molecular formula is C11H13ClN4O2. The molecule has 7 heteroatoms. The van der Waals surface area contributed by atoms with Gasteiger partial charge in [-0.1, -0.05) is 17.7 Å². The van der Waals surface area contributed by atoms with Crippen LogP contribution in [0.4, 0.5) is 5.82 Å². The van der Waals surface area contributed by atoms with Gasteiger partial charge in [0.25, 0.3) is 6.20 Å². The van der Waals surface area contributed by atoms with Gasteiger partial charge < -0.3 is 10.2 Å². The molecule has 6 nitrogen and oxygen atoms in total. The number of pyridine rings is 1. The van der Waals surface area contributed by atoms with Gasteiger partial charge in [0.05, 0.1) is 4.92 Å². The second-order valence-electron chi connectivity index (χ2n) is 4.01. The Morgan fingerprint density at radius 1 is 1.61 bits per heavy atom. The van der Waals surface area contributed by atoms with E-state index in [1.54, 1.807) is 11.0 Å². The zero-order chi connectivity index (χ0) is 13.1. The van der Waals surface area contributed by atoms with Crippen LogP contribution in [0.1, 0.15) is 12.0 Å². The van der Waals surface area contributed by atoms with E-state index in [0.29, 0.717) is 23.3 Å². The van der Waals surface area contributed by atoms with E-state index in [-0.39, 0.29) is 0 Å². The van der Waals surface area contributed by atoms with Crippen LogP contribution in [0.15, 0.2) is 24.2 Å². The maximum Gasteiger partial charge on any atom is 0.274 e. The van der Waals surface area contributed by atoms with E-state index in [9.17, 15) is 10.1 Å². The molecule has 1 aliphatic rings. The fraction of sp³-hybridized carbons (Fsp3) is 0.364. The quantitative estimate of drug-likeness (QED) is 0.504. The first-order valence-corrected chi connectivity index (χ1v) is 5.95. The summed E-state index contributed by atoms with van der Waals surface area (Å²) in [6.07, 6.45) is 1.85. The predicted octanol–water partition coefficient (Wildman–Crippen LogP) is 1.92. The zero-order valence-electron chi connectivity index (χ0n) is 9.89. The van der Waals surface area contributed by atoms with E-state index in [0.717, 1.165) is 24.7 Å². The minimum absolute atomic E-state index is 0.377. The second kappa shape index (κ2) is 5.22. The van der Waals surface area contributed by atoms with Gasteiger partial charge in [0.2, 0.25) is 0 Å². The molecule has 0 radical (unpaired) electrons. The van der Waals surface area contributed by atoms with Crippen LogP contribution in [0, 0.1) is 17.0 Å². The van der Waals surface area contributed by atoms with Gasteiger partial charge >= 0.3 is 0 Å². The van der Waals surface area contributed by atoms with Crippen LogP contribution in [-0.4, -0.2) is 23.0 Å². The average molecular weight is 269 g/mol. The summed E-state index contributed by atoms with van der Waals surface area (Å²) >= 11 is 5.88. The number of hydrogen-bond acceptors (Lipinski definition) is 5. The highest BCUT2D eigenvalue weighted by molar-refractivity contribution is 6.29. The molecule has 0 spiro atoms. The molecule has 1 aliphatic heterocycles. The van der Waals surface area contributed by atoms with E-state index in [4.69, 9.17) is 11.6 Å². The number of nitrogens with one attached hydrogen (secondary N) is 1. The fourth-order valence-electron chi connectivity index (χ4n) is 1.87. The summed E-state index contributed by atoms with van der Waals surface area (Å²) in [5, 5.41) is 14.0. The van der Waals surface area contributed by atoms with Gasteiger partial charge in [0.15, 0.2) is 5.82 Å². The van der Waals surface area contributed by atoms with Crippen molar-refractivity contribution >= 4 is 17.4 Å². The van der Waals surface area contributed by atoms with Crippen molar-refractivity contribution in [3.8, 4) is 0 Å². The van der Waals surface area contributed by atoms with Crippen LogP contribution >= 0.6 is 11.6 Å². The maximum atomic E-state index is 10.6. The van der Waals surface area contributed by atoms with Crippen molar-refractivity contribution < 1.29 is 4.92 Å². The van der Waals surface area contributed by atoms with Crippen molar-refractivity contribution in [1.82, 2.24) is 10.3 Å². The molecule has 2 rings (SSSR count). The smallest absolute Gasteiger partial charge is 0.274 e. The monoisotopic (exact) mass is 268 g/mol. The van der Waals surface area contributed by atoms with Crippen molar-refractivity contribution in [2.45, 2.75) is 13.3 Å². The van der Waals surface area contributed by atoms with Gasteiger partial charge in [-0.2, -0.15) is 0 Å². The molecule has 0 aromatic carbocycles. The molecule has 0 aliphatic carbocycles. The zero-order valence-corrected chi connectivity index (χ0v) is 10.6. The summed E-state index contributed by atoms with van der Waals surface area (Å²) in [6, 6.07) is 3.55. The topological polar surface area (TPSA) is 71.3 Å².